The number of amides is 2. The van der Waals surface area contributed by atoms with Crippen molar-refractivity contribution in [2.24, 2.45) is 0 Å². The van der Waals surface area contributed by atoms with E-state index in [1.165, 1.54) is 0 Å². The number of carbonyl (C=O) groups excluding carboxylic acids is 1. The van der Waals surface area contributed by atoms with E-state index in [2.05, 4.69) is 34.8 Å². The van der Waals surface area contributed by atoms with E-state index in [1.807, 2.05) is 7.05 Å². The van der Waals surface area contributed by atoms with Crippen LogP contribution in [0.5, 0.6) is 0 Å². The molecular formula is C6H11IN2O. The highest BCUT2D eigenvalue weighted by molar-refractivity contribution is 14.1. The zero-order chi connectivity index (χ0) is 7.72. The van der Waals surface area contributed by atoms with Gasteiger partial charge in [0.25, 0.3) is 0 Å². The summed E-state index contributed by atoms with van der Waals surface area (Å²) in [5, 5.41) is 2.84. The van der Waals surface area contributed by atoms with Crippen LogP contribution in [-0.2, 0) is 0 Å². The Balaban J connectivity index is 2.64. The van der Waals surface area contributed by atoms with Gasteiger partial charge in [-0.15, -0.1) is 0 Å². The zero-order valence-electron chi connectivity index (χ0n) is 6.10. The average Bonchev–Trinajstić information content (AvgIpc) is 2.09. The van der Waals surface area contributed by atoms with Crippen LogP contribution in [0.2, 0.25) is 0 Å². The Morgan fingerprint density at radius 3 is 2.60 bits per heavy atom. The fourth-order valence-electron chi connectivity index (χ4n) is 1.14. The fraction of sp³-hybridized carbons (Fsp3) is 0.833. The Labute approximate surface area is 74.3 Å². The monoisotopic (exact) mass is 254 g/mol. The van der Waals surface area contributed by atoms with Gasteiger partial charge in [-0.2, -0.15) is 0 Å². The molecule has 1 saturated heterocycles. The predicted molar refractivity (Wildman–Crippen MR) is 48.2 cm³/mol. The number of alkyl halides is 1. The van der Waals surface area contributed by atoms with Crippen LogP contribution in [0, 0.1) is 0 Å². The van der Waals surface area contributed by atoms with E-state index in [0.29, 0.717) is 6.04 Å². The second-order valence-electron chi connectivity index (χ2n) is 2.44. The second kappa shape index (κ2) is 2.94. The molecule has 2 atom stereocenters. The van der Waals surface area contributed by atoms with Crippen molar-refractivity contribution in [3.8, 4) is 0 Å². The lowest BCUT2D eigenvalue weighted by molar-refractivity contribution is 0.215. The van der Waals surface area contributed by atoms with E-state index in [4.69, 9.17) is 0 Å². The Kier molecular flexibility index (Phi) is 2.38. The van der Waals surface area contributed by atoms with Gasteiger partial charge in [-0.1, -0.05) is 29.5 Å². The molecule has 0 aromatic heterocycles. The fourth-order valence-corrected chi connectivity index (χ4v) is 2.40. The molecule has 1 rings (SSSR count). The Morgan fingerprint density at radius 1 is 1.80 bits per heavy atom. The van der Waals surface area contributed by atoms with Crippen LogP contribution in [0.4, 0.5) is 4.79 Å². The minimum atomic E-state index is 0.0475. The quantitative estimate of drug-likeness (QED) is 0.425. The molecule has 0 aliphatic carbocycles. The maximum atomic E-state index is 11.0. The van der Waals surface area contributed by atoms with E-state index >= 15 is 0 Å². The van der Waals surface area contributed by atoms with Gasteiger partial charge in [-0.3, -0.25) is 0 Å². The third-order valence-electron chi connectivity index (χ3n) is 1.84. The molecule has 1 aliphatic heterocycles. The maximum Gasteiger partial charge on any atom is 0.318 e. The smallest absolute Gasteiger partial charge is 0.318 e. The lowest BCUT2D eigenvalue weighted by Crippen LogP contribution is -2.30. The van der Waals surface area contributed by atoms with Crippen molar-refractivity contribution in [2.45, 2.75) is 23.4 Å². The Morgan fingerprint density at radius 2 is 2.40 bits per heavy atom. The summed E-state index contributed by atoms with van der Waals surface area (Å²) < 4.78 is 0.278. The molecule has 58 valence electrons. The molecule has 0 bridgehead atoms. The van der Waals surface area contributed by atoms with Gasteiger partial charge in [0.15, 0.2) is 0 Å². The van der Waals surface area contributed by atoms with Gasteiger partial charge in [0.05, 0.1) is 6.04 Å². The van der Waals surface area contributed by atoms with Crippen LogP contribution in [0.15, 0.2) is 0 Å². The molecule has 1 heterocycles. The summed E-state index contributed by atoms with van der Waals surface area (Å²) >= 11 is 2.25. The molecule has 1 N–H and O–H groups in total. The van der Waals surface area contributed by atoms with Crippen LogP contribution < -0.4 is 5.32 Å². The van der Waals surface area contributed by atoms with E-state index in [1.54, 1.807) is 4.90 Å². The minimum absolute atomic E-state index is 0.0475. The van der Waals surface area contributed by atoms with Crippen LogP contribution >= 0.6 is 22.6 Å². The number of hydrogen-bond donors (Lipinski definition) is 1. The predicted octanol–water partition coefficient (Wildman–Crippen LogP) is 1.18. The van der Waals surface area contributed by atoms with Gasteiger partial charge < -0.3 is 10.2 Å². The summed E-state index contributed by atoms with van der Waals surface area (Å²) in [5.74, 6) is 0. The number of nitrogens with one attached hydrogen (secondary N) is 1. The van der Waals surface area contributed by atoms with Crippen LogP contribution in [-0.4, -0.2) is 28.1 Å². The summed E-state index contributed by atoms with van der Waals surface area (Å²) in [6, 6.07) is 0.416. The third-order valence-corrected chi connectivity index (χ3v) is 2.98. The molecule has 1 fully saturated rings. The van der Waals surface area contributed by atoms with E-state index in [-0.39, 0.29) is 10.1 Å². The highest BCUT2D eigenvalue weighted by Gasteiger charge is 2.33. The molecule has 0 radical (unpaired) electrons. The largest absolute Gasteiger partial charge is 0.324 e. The normalized spacial score (nSPS) is 32.7. The molecule has 0 saturated carbocycles. The number of hydrogen-bond acceptors (Lipinski definition) is 1. The number of rotatable bonds is 1. The first kappa shape index (κ1) is 8.10. The SMILES string of the molecule is CCC1C(I)NC(=O)N1C. The van der Waals surface area contributed by atoms with Crippen LogP contribution in [0.3, 0.4) is 0 Å². The summed E-state index contributed by atoms with van der Waals surface area (Å²) in [6.07, 6.45) is 1.02. The highest BCUT2D eigenvalue weighted by atomic mass is 127. The second-order valence-corrected chi connectivity index (χ2v) is 3.78. The number of halogens is 1. The van der Waals surface area contributed by atoms with Crippen molar-refractivity contribution in [2.75, 3.05) is 7.05 Å². The first-order valence-electron chi connectivity index (χ1n) is 3.34. The summed E-state index contributed by atoms with van der Waals surface area (Å²) in [6.45, 7) is 2.09. The topological polar surface area (TPSA) is 32.3 Å². The Hall–Kier alpha value is 0. The molecular weight excluding hydrogens is 243 g/mol. The number of carbonyl (C=O) groups is 1. The molecule has 3 nitrogen and oxygen atoms in total. The van der Waals surface area contributed by atoms with Crippen molar-refractivity contribution in [1.82, 2.24) is 10.2 Å². The number of urea groups is 1. The maximum absolute atomic E-state index is 11.0. The van der Waals surface area contributed by atoms with Crippen molar-refractivity contribution >= 4 is 28.6 Å². The van der Waals surface area contributed by atoms with Crippen molar-refractivity contribution in [1.29, 1.82) is 0 Å². The zero-order valence-corrected chi connectivity index (χ0v) is 8.25. The summed E-state index contributed by atoms with van der Waals surface area (Å²) in [4.78, 5) is 12.7. The Bertz CT molecular complexity index is 151. The van der Waals surface area contributed by atoms with Gasteiger partial charge in [-0.05, 0) is 6.42 Å². The van der Waals surface area contributed by atoms with E-state index in [0.717, 1.165) is 6.42 Å². The molecule has 0 spiro atoms. The summed E-state index contributed by atoms with van der Waals surface area (Å²) in [7, 11) is 1.84. The molecule has 2 amide bonds. The lowest BCUT2D eigenvalue weighted by atomic mass is 10.2. The van der Waals surface area contributed by atoms with E-state index in [9.17, 15) is 4.79 Å². The molecule has 10 heavy (non-hydrogen) atoms. The molecule has 2 unspecified atom stereocenters. The minimum Gasteiger partial charge on any atom is -0.324 e. The molecule has 0 aromatic rings. The number of nitrogens with zero attached hydrogens (tertiary/aromatic N) is 1. The standard InChI is InChI=1S/C6H11IN2O/c1-3-4-5(7)8-6(10)9(4)2/h4-5H,3H2,1-2H3,(H,8,10). The highest BCUT2D eigenvalue weighted by Crippen LogP contribution is 2.18. The average molecular weight is 254 g/mol. The van der Waals surface area contributed by atoms with Crippen LogP contribution in [0.1, 0.15) is 13.3 Å². The van der Waals surface area contributed by atoms with Crippen molar-refractivity contribution in [3.63, 3.8) is 0 Å². The van der Waals surface area contributed by atoms with Gasteiger partial charge in [-0.25, -0.2) is 4.79 Å². The van der Waals surface area contributed by atoms with E-state index < -0.39 is 0 Å². The van der Waals surface area contributed by atoms with Gasteiger partial charge in [0.2, 0.25) is 0 Å². The lowest BCUT2D eigenvalue weighted by Gasteiger charge is -2.17. The molecule has 1 aliphatic rings. The van der Waals surface area contributed by atoms with Gasteiger partial charge in [0, 0.05) is 7.05 Å². The van der Waals surface area contributed by atoms with Crippen molar-refractivity contribution in [3.05, 3.63) is 0 Å². The van der Waals surface area contributed by atoms with Gasteiger partial charge >= 0.3 is 6.03 Å². The first-order chi connectivity index (χ1) is 4.66. The molecule has 4 heteroatoms. The summed E-state index contributed by atoms with van der Waals surface area (Å²) in [5.41, 5.74) is 0. The first-order valence-corrected chi connectivity index (χ1v) is 4.58. The molecule has 0 aromatic carbocycles. The van der Waals surface area contributed by atoms with Crippen molar-refractivity contribution < 1.29 is 4.79 Å². The van der Waals surface area contributed by atoms with Gasteiger partial charge in [0.1, 0.15) is 4.05 Å². The van der Waals surface area contributed by atoms with Crippen LogP contribution in [0.25, 0.3) is 0 Å². The third kappa shape index (κ3) is 1.21. The number of likely N-dealkylation sites (N-methyl/N-ethyl adjacent to an activating group) is 1.